The zero-order chi connectivity index (χ0) is 20.4. The monoisotopic (exact) mass is 380 g/mol. The van der Waals surface area contributed by atoms with Crippen LogP contribution in [0.1, 0.15) is 35.0 Å². The summed E-state index contributed by atoms with van der Waals surface area (Å²) >= 11 is 0. The molecule has 1 aromatic carbocycles. The van der Waals surface area contributed by atoms with E-state index in [2.05, 4.69) is 37.4 Å². The van der Waals surface area contributed by atoms with Crippen LogP contribution in [0.2, 0.25) is 0 Å². The molecule has 0 aliphatic heterocycles. The first-order valence-corrected chi connectivity index (χ1v) is 9.51. The molecule has 1 amide bonds. The van der Waals surface area contributed by atoms with Crippen molar-refractivity contribution in [1.29, 1.82) is 0 Å². The van der Waals surface area contributed by atoms with E-state index in [1.807, 2.05) is 30.5 Å². The van der Waals surface area contributed by atoms with Crippen LogP contribution >= 0.6 is 0 Å². The standard InChI is InChI=1S/C22H28N4O2/c1-7-17-10-8-9-14(2)19(17)12-23-20-11-18(28-22(27)25(5)6)13-26-16(4)15(3)24-21(20)26/h8-11,13,23H,7,12H2,1-6H3. The van der Waals surface area contributed by atoms with Gasteiger partial charge in [-0.05, 0) is 43.9 Å². The fourth-order valence-corrected chi connectivity index (χ4v) is 3.25. The van der Waals surface area contributed by atoms with Gasteiger partial charge in [-0.3, -0.25) is 4.40 Å². The highest BCUT2D eigenvalue weighted by Gasteiger charge is 2.15. The number of nitrogens with zero attached hydrogens (tertiary/aromatic N) is 3. The van der Waals surface area contributed by atoms with Crippen molar-refractivity contribution in [1.82, 2.24) is 14.3 Å². The first kappa shape index (κ1) is 19.7. The number of hydrogen-bond donors (Lipinski definition) is 1. The Morgan fingerprint density at radius 1 is 1.25 bits per heavy atom. The molecule has 0 saturated heterocycles. The number of carbonyl (C=O) groups excluding carboxylic acids is 1. The molecule has 1 N–H and O–H groups in total. The lowest BCUT2D eigenvalue weighted by Gasteiger charge is -2.16. The smallest absolute Gasteiger partial charge is 0.409 e. The summed E-state index contributed by atoms with van der Waals surface area (Å²) in [4.78, 5) is 18.1. The Kier molecular flexibility index (Phi) is 5.58. The normalized spacial score (nSPS) is 10.9. The second kappa shape index (κ2) is 7.92. The fraction of sp³-hybridized carbons (Fsp3) is 0.364. The van der Waals surface area contributed by atoms with Crippen LogP contribution in [0.4, 0.5) is 10.5 Å². The summed E-state index contributed by atoms with van der Waals surface area (Å²) < 4.78 is 7.47. The number of amides is 1. The number of aryl methyl sites for hydroxylation is 4. The van der Waals surface area contributed by atoms with Crippen LogP contribution in [0.3, 0.4) is 0 Å². The third-order valence-electron chi connectivity index (χ3n) is 5.08. The lowest BCUT2D eigenvalue weighted by Crippen LogP contribution is -2.25. The molecule has 0 aliphatic carbocycles. The van der Waals surface area contributed by atoms with Crippen LogP contribution < -0.4 is 10.1 Å². The number of fused-ring (bicyclic) bond motifs is 1. The predicted octanol–water partition coefficient (Wildman–Crippen LogP) is 4.49. The van der Waals surface area contributed by atoms with Crippen molar-refractivity contribution in [3.05, 3.63) is 58.5 Å². The summed E-state index contributed by atoms with van der Waals surface area (Å²) in [6.45, 7) is 8.97. The number of imidazole rings is 1. The van der Waals surface area contributed by atoms with Crippen LogP contribution in [-0.4, -0.2) is 34.5 Å². The first-order chi connectivity index (χ1) is 13.3. The molecule has 0 saturated carbocycles. The average Bonchev–Trinajstić information content (AvgIpc) is 2.95. The van der Waals surface area contributed by atoms with Gasteiger partial charge in [0.25, 0.3) is 0 Å². The van der Waals surface area contributed by atoms with Crippen LogP contribution in [0, 0.1) is 20.8 Å². The maximum Gasteiger partial charge on any atom is 0.414 e. The highest BCUT2D eigenvalue weighted by Crippen LogP contribution is 2.27. The Balaban J connectivity index is 2.00. The molecule has 6 nitrogen and oxygen atoms in total. The Labute approximate surface area is 166 Å². The van der Waals surface area contributed by atoms with Gasteiger partial charge in [-0.2, -0.15) is 0 Å². The lowest BCUT2D eigenvalue weighted by molar-refractivity contribution is 0.171. The SMILES string of the molecule is CCc1cccc(C)c1CNc1cc(OC(=O)N(C)C)cn2c(C)c(C)nc12. The third kappa shape index (κ3) is 3.81. The Hall–Kier alpha value is -3.02. The Morgan fingerprint density at radius 3 is 2.68 bits per heavy atom. The summed E-state index contributed by atoms with van der Waals surface area (Å²) in [7, 11) is 3.33. The molecule has 28 heavy (non-hydrogen) atoms. The number of benzene rings is 1. The maximum atomic E-state index is 12.0. The van der Waals surface area contributed by atoms with E-state index >= 15 is 0 Å². The number of carbonyl (C=O) groups is 1. The van der Waals surface area contributed by atoms with Gasteiger partial charge in [0.15, 0.2) is 11.4 Å². The predicted molar refractivity (Wildman–Crippen MR) is 112 cm³/mol. The van der Waals surface area contributed by atoms with Gasteiger partial charge >= 0.3 is 6.09 Å². The topological polar surface area (TPSA) is 58.9 Å². The van der Waals surface area contributed by atoms with Crippen LogP contribution in [0.5, 0.6) is 5.75 Å². The minimum Gasteiger partial charge on any atom is -0.409 e. The molecule has 0 atom stereocenters. The number of hydrogen-bond acceptors (Lipinski definition) is 4. The van der Waals surface area contributed by atoms with Crippen molar-refractivity contribution in [2.24, 2.45) is 0 Å². The van der Waals surface area contributed by atoms with E-state index in [4.69, 9.17) is 9.72 Å². The molecule has 2 heterocycles. The molecular formula is C22H28N4O2. The van der Waals surface area contributed by atoms with Crippen molar-refractivity contribution in [3.63, 3.8) is 0 Å². The van der Waals surface area contributed by atoms with E-state index in [9.17, 15) is 4.79 Å². The number of rotatable bonds is 5. The van der Waals surface area contributed by atoms with Gasteiger partial charge in [-0.15, -0.1) is 0 Å². The van der Waals surface area contributed by atoms with Crippen molar-refractivity contribution in [3.8, 4) is 5.75 Å². The van der Waals surface area contributed by atoms with Gasteiger partial charge in [-0.1, -0.05) is 25.1 Å². The first-order valence-electron chi connectivity index (χ1n) is 9.51. The molecular weight excluding hydrogens is 352 g/mol. The molecule has 0 radical (unpaired) electrons. The maximum absolute atomic E-state index is 12.0. The van der Waals surface area contributed by atoms with Crippen LogP contribution in [0.25, 0.3) is 5.65 Å². The summed E-state index contributed by atoms with van der Waals surface area (Å²) in [5.74, 6) is 0.481. The zero-order valence-electron chi connectivity index (χ0n) is 17.5. The van der Waals surface area contributed by atoms with E-state index in [1.54, 1.807) is 14.1 Å². The average molecular weight is 380 g/mol. The fourth-order valence-electron chi connectivity index (χ4n) is 3.25. The molecule has 0 unspecified atom stereocenters. The molecule has 148 valence electrons. The number of aromatic nitrogens is 2. The van der Waals surface area contributed by atoms with Crippen molar-refractivity contribution < 1.29 is 9.53 Å². The minimum absolute atomic E-state index is 0.410. The van der Waals surface area contributed by atoms with Gasteiger partial charge in [0, 0.05) is 32.4 Å². The van der Waals surface area contributed by atoms with Crippen molar-refractivity contribution >= 4 is 17.4 Å². The summed E-state index contributed by atoms with van der Waals surface area (Å²) in [5.41, 5.74) is 7.51. The largest absolute Gasteiger partial charge is 0.414 e. The molecule has 0 aliphatic rings. The second-order valence-corrected chi connectivity index (χ2v) is 7.25. The Morgan fingerprint density at radius 2 is 2.00 bits per heavy atom. The van der Waals surface area contributed by atoms with Gasteiger partial charge in [0.2, 0.25) is 0 Å². The van der Waals surface area contributed by atoms with Gasteiger partial charge in [-0.25, -0.2) is 9.78 Å². The molecule has 3 rings (SSSR count). The lowest BCUT2D eigenvalue weighted by atomic mass is 10.00. The molecule has 2 aromatic heterocycles. The van der Waals surface area contributed by atoms with Gasteiger partial charge < -0.3 is 15.0 Å². The van der Waals surface area contributed by atoms with Crippen molar-refractivity contribution in [2.75, 3.05) is 19.4 Å². The molecule has 6 heteroatoms. The van der Waals surface area contributed by atoms with E-state index in [-0.39, 0.29) is 0 Å². The van der Waals surface area contributed by atoms with Crippen LogP contribution in [-0.2, 0) is 13.0 Å². The number of ether oxygens (including phenoxy) is 1. The van der Waals surface area contributed by atoms with E-state index in [1.165, 1.54) is 21.6 Å². The highest BCUT2D eigenvalue weighted by atomic mass is 16.6. The second-order valence-electron chi connectivity index (χ2n) is 7.25. The number of pyridine rings is 1. The third-order valence-corrected chi connectivity index (χ3v) is 5.08. The highest BCUT2D eigenvalue weighted by molar-refractivity contribution is 5.74. The van der Waals surface area contributed by atoms with E-state index < -0.39 is 6.09 Å². The van der Waals surface area contributed by atoms with E-state index in [0.717, 1.165) is 29.1 Å². The number of nitrogens with one attached hydrogen (secondary N) is 1. The molecule has 3 aromatic rings. The Bertz CT molecular complexity index is 1020. The van der Waals surface area contributed by atoms with Crippen molar-refractivity contribution in [2.45, 2.75) is 40.7 Å². The quantitative estimate of drug-likeness (QED) is 0.708. The van der Waals surface area contributed by atoms with Gasteiger partial charge in [0.05, 0.1) is 17.6 Å². The van der Waals surface area contributed by atoms with Crippen LogP contribution in [0.15, 0.2) is 30.5 Å². The zero-order valence-corrected chi connectivity index (χ0v) is 17.5. The summed E-state index contributed by atoms with van der Waals surface area (Å²) in [6.07, 6.45) is 2.38. The van der Waals surface area contributed by atoms with E-state index in [0.29, 0.717) is 12.3 Å². The number of anilines is 1. The minimum atomic E-state index is -0.410. The molecule has 0 spiro atoms. The van der Waals surface area contributed by atoms with Gasteiger partial charge in [0.1, 0.15) is 0 Å². The molecule has 0 fully saturated rings. The summed E-state index contributed by atoms with van der Waals surface area (Å²) in [6, 6.07) is 8.23. The summed E-state index contributed by atoms with van der Waals surface area (Å²) in [5, 5.41) is 3.51. The molecule has 0 bridgehead atoms.